The minimum Gasteiger partial charge on any atom is -0.325 e. The van der Waals surface area contributed by atoms with Crippen molar-refractivity contribution >= 4 is 11.3 Å². The first kappa shape index (κ1) is 12.8. The van der Waals surface area contributed by atoms with Gasteiger partial charge in [-0.3, -0.25) is 0 Å². The smallest absolute Gasteiger partial charge is 0.0954 e. The van der Waals surface area contributed by atoms with Crippen LogP contribution in [0.25, 0.3) is 0 Å². The Hall–Kier alpha value is -1.20. The largest absolute Gasteiger partial charge is 0.325 e. The number of imidazole rings is 1. The van der Waals surface area contributed by atoms with Crippen LogP contribution in [-0.2, 0) is 6.54 Å². The zero-order chi connectivity index (χ0) is 13.4. The van der Waals surface area contributed by atoms with Gasteiger partial charge in [0.1, 0.15) is 0 Å². The summed E-state index contributed by atoms with van der Waals surface area (Å²) < 4.78 is 2.26. The molecule has 1 saturated carbocycles. The monoisotopic (exact) mass is 276 g/mol. The summed E-state index contributed by atoms with van der Waals surface area (Å²) in [6, 6.07) is 1.04. The molecule has 1 unspecified atom stereocenters. The lowest BCUT2D eigenvalue weighted by Gasteiger charge is -2.16. The third kappa shape index (κ3) is 2.72. The van der Waals surface area contributed by atoms with Crippen LogP contribution in [0.15, 0.2) is 12.5 Å². The van der Waals surface area contributed by atoms with E-state index in [1.54, 1.807) is 11.3 Å². The number of nitrogens with one attached hydrogen (secondary N) is 1. The summed E-state index contributed by atoms with van der Waals surface area (Å²) in [6.07, 6.45) is 6.53. The van der Waals surface area contributed by atoms with Gasteiger partial charge >= 0.3 is 0 Å². The second kappa shape index (κ2) is 5.06. The highest BCUT2D eigenvalue weighted by Gasteiger charge is 2.22. The van der Waals surface area contributed by atoms with E-state index in [0.717, 1.165) is 23.3 Å². The molecular formula is C14H20N4S. The van der Waals surface area contributed by atoms with E-state index in [1.807, 2.05) is 12.5 Å². The summed E-state index contributed by atoms with van der Waals surface area (Å²) in [6.45, 7) is 7.29. The number of aromatic nitrogens is 3. The Kier molecular flexibility index (Phi) is 3.41. The van der Waals surface area contributed by atoms with Crippen LogP contribution in [0.1, 0.15) is 47.1 Å². The Morgan fingerprint density at radius 3 is 2.89 bits per heavy atom. The van der Waals surface area contributed by atoms with E-state index in [1.165, 1.54) is 23.4 Å². The van der Waals surface area contributed by atoms with Crippen molar-refractivity contribution in [3.05, 3.63) is 33.8 Å². The van der Waals surface area contributed by atoms with E-state index in [2.05, 4.69) is 40.6 Å². The van der Waals surface area contributed by atoms with Gasteiger partial charge in [-0.2, -0.15) is 0 Å². The molecule has 1 aliphatic rings. The van der Waals surface area contributed by atoms with Crippen LogP contribution in [0.2, 0.25) is 0 Å². The molecule has 0 aromatic carbocycles. The molecule has 4 nitrogen and oxygen atoms in total. The number of hydrogen-bond acceptors (Lipinski definition) is 4. The van der Waals surface area contributed by atoms with Crippen molar-refractivity contribution in [3.8, 4) is 0 Å². The quantitative estimate of drug-likeness (QED) is 0.913. The number of thiazole rings is 1. The van der Waals surface area contributed by atoms with Crippen molar-refractivity contribution in [3.63, 3.8) is 0 Å². The van der Waals surface area contributed by atoms with Crippen molar-refractivity contribution in [1.82, 2.24) is 19.9 Å². The fourth-order valence-corrected chi connectivity index (χ4v) is 3.39. The summed E-state index contributed by atoms with van der Waals surface area (Å²) in [5.41, 5.74) is 2.40. The van der Waals surface area contributed by atoms with Crippen LogP contribution in [0, 0.1) is 13.8 Å². The van der Waals surface area contributed by atoms with Crippen molar-refractivity contribution in [1.29, 1.82) is 0 Å². The zero-order valence-electron chi connectivity index (χ0n) is 11.7. The van der Waals surface area contributed by atoms with Gasteiger partial charge in [-0.25, -0.2) is 9.97 Å². The molecule has 0 bridgehead atoms. The summed E-state index contributed by atoms with van der Waals surface area (Å²) in [4.78, 5) is 10.2. The van der Waals surface area contributed by atoms with Gasteiger partial charge in [0.25, 0.3) is 0 Å². The molecule has 1 aliphatic carbocycles. The normalized spacial score (nSPS) is 16.8. The molecule has 2 aromatic heterocycles. The first-order valence-electron chi connectivity index (χ1n) is 6.83. The van der Waals surface area contributed by atoms with Crippen LogP contribution < -0.4 is 5.32 Å². The van der Waals surface area contributed by atoms with Crippen LogP contribution >= 0.6 is 11.3 Å². The summed E-state index contributed by atoms with van der Waals surface area (Å²) in [5.74, 6) is 0. The minimum atomic E-state index is 0.310. The van der Waals surface area contributed by atoms with Crippen LogP contribution in [0.4, 0.5) is 0 Å². The molecule has 2 aromatic rings. The Balaban J connectivity index is 1.80. The standard InChI is InChI=1S/C14H20N4S/c1-9-14(19-11(3)17-9)10(2)18-8-15-6-13(18)7-16-12-4-5-12/h6,8,10,12,16H,4-5,7H2,1-3H3. The molecule has 0 spiro atoms. The second-order valence-electron chi connectivity index (χ2n) is 5.31. The summed E-state index contributed by atoms with van der Waals surface area (Å²) >= 11 is 1.79. The zero-order valence-corrected chi connectivity index (χ0v) is 12.5. The second-order valence-corrected chi connectivity index (χ2v) is 6.54. The van der Waals surface area contributed by atoms with Crippen molar-refractivity contribution in [2.24, 2.45) is 0 Å². The predicted molar refractivity (Wildman–Crippen MR) is 77.5 cm³/mol. The summed E-state index contributed by atoms with van der Waals surface area (Å²) in [7, 11) is 0. The van der Waals surface area contributed by atoms with Crippen molar-refractivity contribution in [2.45, 2.75) is 52.2 Å². The molecule has 1 N–H and O–H groups in total. The molecule has 0 radical (unpaired) electrons. The minimum absolute atomic E-state index is 0.310. The van der Waals surface area contributed by atoms with Crippen molar-refractivity contribution < 1.29 is 0 Å². The third-order valence-electron chi connectivity index (χ3n) is 3.63. The van der Waals surface area contributed by atoms with E-state index in [0.29, 0.717) is 6.04 Å². The van der Waals surface area contributed by atoms with Crippen LogP contribution in [0.5, 0.6) is 0 Å². The highest BCUT2D eigenvalue weighted by molar-refractivity contribution is 7.11. The van der Waals surface area contributed by atoms with Gasteiger partial charge in [0.2, 0.25) is 0 Å². The van der Waals surface area contributed by atoms with Gasteiger partial charge in [0, 0.05) is 18.8 Å². The molecular weight excluding hydrogens is 256 g/mol. The Labute approximate surface area is 117 Å². The molecule has 2 heterocycles. The van der Waals surface area contributed by atoms with E-state index < -0.39 is 0 Å². The van der Waals surface area contributed by atoms with Crippen molar-refractivity contribution in [2.75, 3.05) is 0 Å². The van der Waals surface area contributed by atoms with E-state index in [-0.39, 0.29) is 0 Å². The molecule has 19 heavy (non-hydrogen) atoms. The SMILES string of the molecule is Cc1nc(C)c(C(C)n2cncc2CNC2CC2)s1. The average molecular weight is 276 g/mol. The maximum atomic E-state index is 4.53. The Morgan fingerprint density at radius 1 is 1.47 bits per heavy atom. The maximum absolute atomic E-state index is 4.53. The summed E-state index contributed by atoms with van der Waals surface area (Å²) in [5, 5.41) is 4.69. The van der Waals surface area contributed by atoms with Gasteiger partial charge in [-0.15, -0.1) is 11.3 Å². The molecule has 0 amide bonds. The molecule has 1 fully saturated rings. The van der Waals surface area contributed by atoms with Crippen LogP contribution in [-0.4, -0.2) is 20.6 Å². The van der Waals surface area contributed by atoms with E-state index in [9.17, 15) is 0 Å². The average Bonchev–Trinajstić information content (AvgIpc) is 2.98. The van der Waals surface area contributed by atoms with Crippen LogP contribution in [0.3, 0.4) is 0 Å². The highest BCUT2D eigenvalue weighted by Crippen LogP contribution is 2.28. The molecule has 102 valence electrons. The molecule has 5 heteroatoms. The predicted octanol–water partition coefficient (Wildman–Crippen LogP) is 2.82. The Bertz CT molecular complexity index is 568. The lowest BCUT2D eigenvalue weighted by molar-refractivity contribution is 0.578. The third-order valence-corrected chi connectivity index (χ3v) is 4.87. The lowest BCUT2D eigenvalue weighted by Crippen LogP contribution is -2.19. The number of hydrogen-bond donors (Lipinski definition) is 1. The highest BCUT2D eigenvalue weighted by atomic mass is 32.1. The first-order chi connectivity index (χ1) is 9.15. The lowest BCUT2D eigenvalue weighted by atomic mass is 10.2. The number of rotatable bonds is 5. The van der Waals surface area contributed by atoms with Gasteiger partial charge in [-0.05, 0) is 33.6 Å². The van der Waals surface area contributed by atoms with E-state index in [4.69, 9.17) is 0 Å². The number of aryl methyl sites for hydroxylation is 2. The Morgan fingerprint density at radius 2 is 2.26 bits per heavy atom. The topological polar surface area (TPSA) is 42.7 Å². The van der Waals surface area contributed by atoms with E-state index >= 15 is 0 Å². The molecule has 0 aliphatic heterocycles. The first-order valence-corrected chi connectivity index (χ1v) is 7.65. The number of nitrogens with zero attached hydrogens (tertiary/aromatic N) is 3. The fourth-order valence-electron chi connectivity index (χ4n) is 2.42. The van der Waals surface area contributed by atoms with Gasteiger partial charge in [0.05, 0.1) is 33.6 Å². The fraction of sp³-hybridized carbons (Fsp3) is 0.571. The maximum Gasteiger partial charge on any atom is 0.0954 e. The van der Waals surface area contributed by atoms with Gasteiger partial charge in [-0.1, -0.05) is 0 Å². The van der Waals surface area contributed by atoms with Gasteiger partial charge in [0.15, 0.2) is 0 Å². The van der Waals surface area contributed by atoms with Gasteiger partial charge < -0.3 is 9.88 Å². The molecule has 0 saturated heterocycles. The molecule has 1 atom stereocenters. The molecule has 3 rings (SSSR count).